The fraction of sp³-hybridized carbons (Fsp3) is 0.536. The predicted molar refractivity (Wildman–Crippen MR) is 143 cm³/mol. The Labute approximate surface area is 218 Å². The van der Waals surface area contributed by atoms with Gasteiger partial charge in [-0.1, -0.05) is 12.6 Å². The molecule has 1 amide bonds. The van der Waals surface area contributed by atoms with Crippen LogP contribution in [0.4, 0.5) is 17.3 Å². The number of likely N-dealkylation sites (tertiary alicyclic amines) is 2. The van der Waals surface area contributed by atoms with E-state index in [4.69, 9.17) is 9.47 Å². The number of aromatic nitrogens is 2. The fourth-order valence-electron chi connectivity index (χ4n) is 6.26. The van der Waals surface area contributed by atoms with Gasteiger partial charge in [0.2, 0.25) is 5.91 Å². The summed E-state index contributed by atoms with van der Waals surface area (Å²) in [4.78, 5) is 27.9. The first kappa shape index (κ1) is 24.2. The van der Waals surface area contributed by atoms with E-state index >= 15 is 0 Å². The van der Waals surface area contributed by atoms with E-state index in [1.807, 2.05) is 4.90 Å². The van der Waals surface area contributed by atoms with Crippen molar-refractivity contribution in [3.63, 3.8) is 0 Å². The van der Waals surface area contributed by atoms with Crippen LogP contribution in [0.15, 0.2) is 31.1 Å². The van der Waals surface area contributed by atoms with Crippen LogP contribution in [0.25, 0.3) is 0 Å². The number of rotatable bonds is 4. The van der Waals surface area contributed by atoms with Gasteiger partial charge in [0.15, 0.2) is 0 Å². The zero-order valence-electron chi connectivity index (χ0n) is 21.6. The summed E-state index contributed by atoms with van der Waals surface area (Å²) < 4.78 is 11.9. The number of fused-ring (bicyclic) bond motifs is 2. The Kier molecular flexibility index (Phi) is 6.73. The van der Waals surface area contributed by atoms with Crippen molar-refractivity contribution in [1.82, 2.24) is 19.8 Å². The molecule has 3 saturated heterocycles. The number of hydrogen-bond donors (Lipinski definition) is 1. The average molecular weight is 505 g/mol. The number of piperidine rings is 1. The quantitative estimate of drug-likeness (QED) is 0.636. The zero-order chi connectivity index (χ0) is 25.4. The first-order chi connectivity index (χ1) is 18.1. The molecular weight excluding hydrogens is 468 g/mol. The second kappa shape index (κ2) is 10.3. The van der Waals surface area contributed by atoms with Crippen molar-refractivity contribution in [2.75, 3.05) is 62.7 Å². The van der Waals surface area contributed by atoms with Crippen LogP contribution < -0.4 is 15.0 Å². The molecule has 0 bridgehead atoms. The Morgan fingerprint density at radius 2 is 1.92 bits per heavy atom. The minimum atomic E-state index is 0.0526. The van der Waals surface area contributed by atoms with Gasteiger partial charge in [0, 0.05) is 38.8 Å². The Balaban J connectivity index is 1.18. The molecule has 1 N–H and O–H groups in total. The highest BCUT2D eigenvalue weighted by atomic mass is 16.5. The monoisotopic (exact) mass is 504 g/mol. The lowest BCUT2D eigenvalue weighted by atomic mass is 9.95. The summed E-state index contributed by atoms with van der Waals surface area (Å²) in [5.41, 5.74) is 4.47. The molecule has 3 fully saturated rings. The van der Waals surface area contributed by atoms with Gasteiger partial charge in [-0.15, -0.1) is 0 Å². The van der Waals surface area contributed by atoms with Gasteiger partial charge in [-0.3, -0.25) is 9.69 Å². The van der Waals surface area contributed by atoms with E-state index < -0.39 is 0 Å². The smallest absolute Gasteiger partial charge is 0.245 e. The Morgan fingerprint density at radius 3 is 2.70 bits per heavy atom. The zero-order valence-corrected chi connectivity index (χ0v) is 21.6. The molecule has 9 nitrogen and oxygen atoms in total. The molecular formula is C28H36N6O3. The molecule has 196 valence electrons. The molecule has 1 aromatic heterocycles. The van der Waals surface area contributed by atoms with Crippen molar-refractivity contribution in [2.24, 2.45) is 0 Å². The van der Waals surface area contributed by atoms with Crippen molar-refractivity contribution < 1.29 is 14.3 Å². The number of nitrogens with zero attached hydrogens (tertiary/aromatic N) is 5. The Morgan fingerprint density at radius 1 is 1.11 bits per heavy atom. The topological polar surface area (TPSA) is 83.1 Å². The van der Waals surface area contributed by atoms with E-state index in [1.54, 1.807) is 6.33 Å². The lowest BCUT2D eigenvalue weighted by molar-refractivity contribution is -0.127. The van der Waals surface area contributed by atoms with Crippen LogP contribution in [-0.2, 0) is 16.1 Å². The Bertz CT molecular complexity index is 1170. The summed E-state index contributed by atoms with van der Waals surface area (Å²) in [5.74, 6) is 3.18. The molecule has 1 aromatic carbocycles. The van der Waals surface area contributed by atoms with E-state index in [9.17, 15) is 4.79 Å². The average Bonchev–Trinajstić information content (AvgIpc) is 3.35. The highest BCUT2D eigenvalue weighted by Crippen LogP contribution is 2.41. The molecule has 0 spiro atoms. The van der Waals surface area contributed by atoms with Crippen LogP contribution in [0.3, 0.4) is 0 Å². The van der Waals surface area contributed by atoms with Crippen molar-refractivity contribution >= 4 is 23.2 Å². The number of benzene rings is 1. The summed E-state index contributed by atoms with van der Waals surface area (Å²) in [6, 6.07) is 5.10. The first-order valence-corrected chi connectivity index (χ1v) is 13.5. The van der Waals surface area contributed by atoms with Crippen LogP contribution in [0, 0.1) is 6.92 Å². The van der Waals surface area contributed by atoms with E-state index in [-0.39, 0.29) is 5.91 Å². The number of nitrogens with one attached hydrogen (secondary N) is 1. The molecule has 4 aliphatic heterocycles. The van der Waals surface area contributed by atoms with Crippen molar-refractivity contribution in [3.05, 3.63) is 47.8 Å². The maximum Gasteiger partial charge on any atom is 0.245 e. The predicted octanol–water partition coefficient (Wildman–Crippen LogP) is 3.22. The molecule has 37 heavy (non-hydrogen) atoms. The van der Waals surface area contributed by atoms with E-state index in [1.165, 1.54) is 11.6 Å². The number of anilines is 3. The number of morpholine rings is 1. The van der Waals surface area contributed by atoms with Gasteiger partial charge in [-0.2, -0.15) is 0 Å². The highest BCUT2D eigenvalue weighted by Gasteiger charge is 2.33. The fourth-order valence-corrected chi connectivity index (χ4v) is 6.26. The molecule has 6 rings (SSSR count). The highest BCUT2D eigenvalue weighted by molar-refractivity contribution is 5.87. The van der Waals surface area contributed by atoms with Crippen LogP contribution in [0.1, 0.15) is 41.9 Å². The molecule has 5 heterocycles. The summed E-state index contributed by atoms with van der Waals surface area (Å²) in [6.07, 6.45) is 6.28. The molecule has 9 heteroatoms. The van der Waals surface area contributed by atoms with Crippen molar-refractivity contribution in [2.45, 2.75) is 44.8 Å². The third-order valence-corrected chi connectivity index (χ3v) is 8.30. The van der Waals surface area contributed by atoms with E-state index in [2.05, 4.69) is 50.7 Å². The van der Waals surface area contributed by atoms with Crippen LogP contribution in [0.2, 0.25) is 0 Å². The molecule has 0 aliphatic carbocycles. The second-order valence-corrected chi connectivity index (χ2v) is 10.5. The molecule has 4 aliphatic rings. The van der Waals surface area contributed by atoms with Gasteiger partial charge in [0.05, 0.1) is 24.5 Å². The lowest BCUT2D eigenvalue weighted by Crippen LogP contribution is -2.45. The van der Waals surface area contributed by atoms with Gasteiger partial charge < -0.3 is 24.6 Å². The van der Waals surface area contributed by atoms with Gasteiger partial charge in [0.25, 0.3) is 0 Å². The minimum absolute atomic E-state index is 0.0526. The van der Waals surface area contributed by atoms with Crippen molar-refractivity contribution in [3.8, 4) is 5.75 Å². The van der Waals surface area contributed by atoms with Crippen molar-refractivity contribution in [1.29, 1.82) is 0 Å². The number of aryl methyl sites for hydroxylation is 1. The molecule has 2 aromatic rings. The molecule has 0 radical (unpaired) electrons. The third-order valence-electron chi connectivity index (χ3n) is 8.30. The van der Waals surface area contributed by atoms with Gasteiger partial charge >= 0.3 is 0 Å². The minimum Gasteiger partial charge on any atom is -0.486 e. The SMILES string of the molecule is C=CC(=O)N1CCC(N2CC[C@@H](c3cc(C)c4c(c3)Nc3ncnc(N5CCOCC5)c3CO4)C2)CC1. The maximum atomic E-state index is 11.9. The number of hydrogen-bond acceptors (Lipinski definition) is 8. The summed E-state index contributed by atoms with van der Waals surface area (Å²) >= 11 is 0. The van der Waals surface area contributed by atoms with Crippen LogP contribution in [-0.4, -0.2) is 84.2 Å². The normalized spacial score (nSPS) is 22.5. The molecule has 0 saturated carbocycles. The second-order valence-electron chi connectivity index (χ2n) is 10.5. The van der Waals surface area contributed by atoms with Gasteiger partial charge in [0.1, 0.15) is 30.3 Å². The first-order valence-electron chi connectivity index (χ1n) is 13.5. The largest absolute Gasteiger partial charge is 0.486 e. The van der Waals surface area contributed by atoms with Crippen LogP contribution >= 0.6 is 0 Å². The summed E-state index contributed by atoms with van der Waals surface area (Å²) in [5, 5.41) is 3.59. The van der Waals surface area contributed by atoms with E-state index in [0.717, 1.165) is 92.7 Å². The number of amides is 1. The van der Waals surface area contributed by atoms with Crippen LogP contribution in [0.5, 0.6) is 5.75 Å². The lowest BCUT2D eigenvalue weighted by Gasteiger charge is -2.36. The summed E-state index contributed by atoms with van der Waals surface area (Å²) in [6.45, 7) is 13.1. The van der Waals surface area contributed by atoms with E-state index in [0.29, 0.717) is 31.8 Å². The number of carbonyl (C=O) groups excluding carboxylic acids is 1. The number of carbonyl (C=O) groups is 1. The Hall–Kier alpha value is -3.17. The third kappa shape index (κ3) is 4.78. The molecule has 1 atom stereocenters. The van der Waals surface area contributed by atoms with Gasteiger partial charge in [-0.25, -0.2) is 9.97 Å². The summed E-state index contributed by atoms with van der Waals surface area (Å²) in [7, 11) is 0. The standard InChI is InChI=1S/C28H36N6O3/c1-3-25(35)32-8-5-22(6-9-32)34-7-4-20(16-34)21-14-19(2)26-24(15-21)31-27-23(17-37-26)28(30-18-29-27)33-10-12-36-13-11-33/h3,14-15,18,20,22H,1,4-13,16-17H2,2H3,(H,29,30,31)/t20-/m1/s1. The maximum absolute atomic E-state index is 11.9. The molecule has 0 unspecified atom stereocenters. The van der Waals surface area contributed by atoms with Gasteiger partial charge in [-0.05, 0) is 61.9 Å². The number of ether oxygens (including phenoxy) is 2.